The van der Waals surface area contributed by atoms with E-state index in [9.17, 15) is 9.59 Å². The molecule has 1 aliphatic carbocycles. The van der Waals surface area contributed by atoms with Crippen LogP contribution in [-0.4, -0.2) is 57.9 Å². The molecule has 176 valence electrons. The molecule has 1 N–H and O–H groups in total. The van der Waals surface area contributed by atoms with E-state index in [2.05, 4.69) is 27.3 Å². The summed E-state index contributed by atoms with van der Waals surface area (Å²) in [6.07, 6.45) is 1.90. The summed E-state index contributed by atoms with van der Waals surface area (Å²) < 4.78 is 5.56. The Kier molecular flexibility index (Phi) is 6.15. The molecule has 1 saturated heterocycles. The molecular formula is C26H29N5O3. The normalized spacial score (nSPS) is 17.4. The molecule has 0 radical (unpaired) electrons. The van der Waals surface area contributed by atoms with Crippen LogP contribution >= 0.6 is 0 Å². The highest BCUT2D eigenvalue weighted by Crippen LogP contribution is 2.30. The smallest absolute Gasteiger partial charge is 0.254 e. The van der Waals surface area contributed by atoms with Crippen LogP contribution in [0.25, 0.3) is 11.4 Å². The second-order valence-electron chi connectivity index (χ2n) is 9.17. The first-order valence-electron chi connectivity index (χ1n) is 11.8. The van der Waals surface area contributed by atoms with Gasteiger partial charge in [-0.1, -0.05) is 41.1 Å². The third-order valence-electron chi connectivity index (χ3n) is 6.58. The van der Waals surface area contributed by atoms with Gasteiger partial charge in [-0.3, -0.25) is 14.5 Å². The first-order valence-corrected chi connectivity index (χ1v) is 11.8. The summed E-state index contributed by atoms with van der Waals surface area (Å²) >= 11 is 0. The number of hydrogen-bond donors (Lipinski definition) is 1. The van der Waals surface area contributed by atoms with Crippen LogP contribution in [0.1, 0.15) is 47.6 Å². The quantitative estimate of drug-likeness (QED) is 0.601. The fourth-order valence-corrected chi connectivity index (χ4v) is 4.20. The first kappa shape index (κ1) is 22.3. The second-order valence-corrected chi connectivity index (χ2v) is 9.17. The van der Waals surface area contributed by atoms with Crippen LogP contribution < -0.4 is 5.32 Å². The van der Waals surface area contributed by atoms with E-state index < -0.39 is 0 Å². The lowest BCUT2D eigenvalue weighted by Crippen LogP contribution is -2.49. The molecule has 0 spiro atoms. The van der Waals surface area contributed by atoms with Crippen molar-refractivity contribution in [3.05, 3.63) is 65.5 Å². The topological polar surface area (TPSA) is 91.6 Å². The molecule has 0 bridgehead atoms. The van der Waals surface area contributed by atoms with Crippen LogP contribution in [0.15, 0.2) is 53.1 Å². The summed E-state index contributed by atoms with van der Waals surface area (Å²) in [5.41, 5.74) is 3.38. The Morgan fingerprint density at radius 1 is 1.06 bits per heavy atom. The lowest BCUT2D eigenvalue weighted by Gasteiger charge is -2.36. The molecule has 8 heteroatoms. The zero-order valence-electron chi connectivity index (χ0n) is 19.5. The average molecular weight is 460 g/mol. The van der Waals surface area contributed by atoms with Gasteiger partial charge in [-0.05, 0) is 44.9 Å². The largest absolute Gasteiger partial charge is 0.337 e. The summed E-state index contributed by atoms with van der Waals surface area (Å²) in [6.45, 7) is 6.75. The summed E-state index contributed by atoms with van der Waals surface area (Å²) in [4.78, 5) is 33.8. The number of aryl methyl sites for hydroxylation is 1. The third-order valence-corrected chi connectivity index (χ3v) is 6.58. The highest BCUT2D eigenvalue weighted by molar-refractivity contribution is 5.98. The van der Waals surface area contributed by atoms with Gasteiger partial charge in [0.1, 0.15) is 0 Å². The minimum atomic E-state index is -0.0371. The summed E-state index contributed by atoms with van der Waals surface area (Å²) in [5.74, 6) is 1.31. The molecule has 1 atom stereocenters. The molecule has 2 aliphatic rings. The predicted octanol–water partition coefficient (Wildman–Crippen LogP) is 3.91. The average Bonchev–Trinajstić information content (AvgIpc) is 3.61. The minimum absolute atomic E-state index is 0.0192. The highest BCUT2D eigenvalue weighted by Gasteiger charge is 2.30. The predicted molar refractivity (Wildman–Crippen MR) is 128 cm³/mol. The van der Waals surface area contributed by atoms with Gasteiger partial charge in [-0.15, -0.1) is 0 Å². The number of carbonyl (C=O) groups excluding carboxylic acids is 2. The lowest BCUT2D eigenvalue weighted by molar-refractivity contribution is -0.117. The summed E-state index contributed by atoms with van der Waals surface area (Å²) in [5, 5.41) is 7.07. The van der Waals surface area contributed by atoms with Crippen molar-refractivity contribution in [3.8, 4) is 11.4 Å². The monoisotopic (exact) mass is 459 g/mol. The SMILES string of the molecule is Cc1ccc(-c2noc(C(C)N3CCN(C(=O)c4cccc(NC(=O)C5CC5)c4)CC3)n2)cc1. The van der Waals surface area contributed by atoms with E-state index >= 15 is 0 Å². The van der Waals surface area contributed by atoms with Gasteiger partial charge in [-0.25, -0.2) is 0 Å². The third kappa shape index (κ3) is 4.87. The molecule has 8 nitrogen and oxygen atoms in total. The number of nitrogens with zero attached hydrogens (tertiary/aromatic N) is 4. The Balaban J connectivity index is 1.18. The van der Waals surface area contributed by atoms with Crippen molar-refractivity contribution in [3.63, 3.8) is 0 Å². The Hall–Kier alpha value is -3.52. The van der Waals surface area contributed by atoms with Crippen molar-refractivity contribution in [1.82, 2.24) is 19.9 Å². The Bertz CT molecular complexity index is 1180. The van der Waals surface area contributed by atoms with Crippen molar-refractivity contribution >= 4 is 17.5 Å². The molecule has 1 unspecified atom stereocenters. The van der Waals surface area contributed by atoms with E-state index in [1.54, 1.807) is 12.1 Å². The van der Waals surface area contributed by atoms with Gasteiger partial charge in [0.2, 0.25) is 17.6 Å². The van der Waals surface area contributed by atoms with E-state index in [1.807, 2.05) is 48.2 Å². The molecule has 2 fully saturated rings. The minimum Gasteiger partial charge on any atom is -0.337 e. The molecule has 2 heterocycles. The zero-order chi connectivity index (χ0) is 23.7. The van der Waals surface area contributed by atoms with Crippen LogP contribution in [0, 0.1) is 12.8 Å². The summed E-state index contributed by atoms with van der Waals surface area (Å²) in [7, 11) is 0. The number of nitrogens with one attached hydrogen (secondary N) is 1. The Morgan fingerprint density at radius 3 is 2.50 bits per heavy atom. The van der Waals surface area contributed by atoms with Gasteiger partial charge in [0, 0.05) is 48.9 Å². The number of aromatic nitrogens is 2. The molecule has 5 rings (SSSR count). The van der Waals surface area contributed by atoms with E-state index in [4.69, 9.17) is 4.52 Å². The number of amides is 2. The van der Waals surface area contributed by atoms with E-state index in [0.717, 1.165) is 18.4 Å². The molecule has 34 heavy (non-hydrogen) atoms. The van der Waals surface area contributed by atoms with Crippen molar-refractivity contribution < 1.29 is 14.1 Å². The molecule has 2 amide bonds. The molecule has 2 aromatic carbocycles. The summed E-state index contributed by atoms with van der Waals surface area (Å²) in [6, 6.07) is 15.2. The number of benzene rings is 2. The van der Waals surface area contributed by atoms with Gasteiger partial charge in [0.15, 0.2) is 0 Å². The zero-order valence-corrected chi connectivity index (χ0v) is 19.5. The van der Waals surface area contributed by atoms with E-state index in [-0.39, 0.29) is 23.8 Å². The van der Waals surface area contributed by atoms with Crippen molar-refractivity contribution in [1.29, 1.82) is 0 Å². The van der Waals surface area contributed by atoms with Crippen LogP contribution in [-0.2, 0) is 4.79 Å². The number of carbonyl (C=O) groups is 2. The number of piperazine rings is 1. The van der Waals surface area contributed by atoms with E-state index in [0.29, 0.717) is 49.1 Å². The van der Waals surface area contributed by atoms with Gasteiger partial charge >= 0.3 is 0 Å². The molecule has 3 aromatic rings. The Morgan fingerprint density at radius 2 is 1.79 bits per heavy atom. The van der Waals surface area contributed by atoms with Crippen LogP contribution in [0.2, 0.25) is 0 Å². The molecule has 1 aliphatic heterocycles. The maximum atomic E-state index is 13.1. The maximum absolute atomic E-state index is 13.1. The Labute approximate surface area is 198 Å². The fourth-order valence-electron chi connectivity index (χ4n) is 4.20. The van der Waals surface area contributed by atoms with Gasteiger partial charge in [-0.2, -0.15) is 4.98 Å². The van der Waals surface area contributed by atoms with E-state index in [1.165, 1.54) is 5.56 Å². The van der Waals surface area contributed by atoms with Gasteiger partial charge in [0.05, 0.1) is 6.04 Å². The number of anilines is 1. The molecular weight excluding hydrogens is 430 g/mol. The number of rotatable bonds is 6. The lowest BCUT2D eigenvalue weighted by atomic mass is 10.1. The first-order chi connectivity index (χ1) is 16.5. The molecule has 1 aromatic heterocycles. The van der Waals surface area contributed by atoms with Crippen molar-refractivity contribution in [2.24, 2.45) is 5.92 Å². The second kappa shape index (κ2) is 9.38. The van der Waals surface area contributed by atoms with Crippen molar-refractivity contribution in [2.75, 3.05) is 31.5 Å². The van der Waals surface area contributed by atoms with Gasteiger partial charge in [0.25, 0.3) is 5.91 Å². The standard InChI is InChI=1S/C26H29N5O3/c1-17-6-8-19(9-7-17)23-28-25(34-29-23)18(2)30-12-14-31(15-13-30)26(33)21-4-3-5-22(16-21)27-24(32)20-10-11-20/h3-9,16,18,20H,10-15H2,1-2H3,(H,27,32). The van der Waals surface area contributed by atoms with Crippen LogP contribution in [0.3, 0.4) is 0 Å². The fraction of sp³-hybridized carbons (Fsp3) is 0.385. The van der Waals surface area contributed by atoms with Crippen LogP contribution in [0.4, 0.5) is 5.69 Å². The highest BCUT2D eigenvalue weighted by atomic mass is 16.5. The number of hydrogen-bond acceptors (Lipinski definition) is 6. The van der Waals surface area contributed by atoms with Crippen molar-refractivity contribution in [2.45, 2.75) is 32.7 Å². The van der Waals surface area contributed by atoms with Crippen LogP contribution in [0.5, 0.6) is 0 Å². The van der Waals surface area contributed by atoms with Gasteiger partial charge < -0.3 is 14.7 Å². The molecule has 1 saturated carbocycles. The maximum Gasteiger partial charge on any atom is 0.254 e.